The van der Waals surface area contributed by atoms with Crippen molar-refractivity contribution in [2.75, 3.05) is 0 Å². The van der Waals surface area contributed by atoms with E-state index in [1.165, 1.54) is 16.7 Å². The van der Waals surface area contributed by atoms with E-state index in [1.54, 1.807) is 0 Å². The SMILES string of the molecule is Cc1ccc2oc(C(O)CC3Cc4ccccc43)cc2c1. The van der Waals surface area contributed by atoms with Crippen LogP contribution in [-0.2, 0) is 6.42 Å². The third-order valence-corrected chi connectivity index (χ3v) is 4.49. The van der Waals surface area contributed by atoms with Gasteiger partial charge < -0.3 is 9.52 Å². The summed E-state index contributed by atoms with van der Waals surface area (Å²) < 4.78 is 5.79. The normalized spacial score (nSPS) is 18.3. The highest BCUT2D eigenvalue weighted by Crippen LogP contribution is 2.41. The zero-order valence-electron chi connectivity index (χ0n) is 12.0. The summed E-state index contributed by atoms with van der Waals surface area (Å²) in [5.41, 5.74) is 4.85. The summed E-state index contributed by atoms with van der Waals surface area (Å²) in [6.07, 6.45) is 1.26. The number of fused-ring (bicyclic) bond motifs is 2. The van der Waals surface area contributed by atoms with Crippen LogP contribution >= 0.6 is 0 Å². The van der Waals surface area contributed by atoms with Crippen molar-refractivity contribution in [3.8, 4) is 0 Å². The van der Waals surface area contributed by atoms with Gasteiger partial charge in [0.15, 0.2) is 0 Å². The number of aliphatic hydroxyl groups excluding tert-OH is 1. The molecule has 2 nitrogen and oxygen atoms in total. The topological polar surface area (TPSA) is 33.4 Å². The molecule has 3 aromatic rings. The Bertz CT molecular complexity index is 800. The third kappa shape index (κ3) is 2.16. The summed E-state index contributed by atoms with van der Waals surface area (Å²) in [6, 6.07) is 16.5. The molecule has 1 N–H and O–H groups in total. The molecule has 0 bridgehead atoms. The molecule has 0 fully saturated rings. The molecule has 2 atom stereocenters. The van der Waals surface area contributed by atoms with Crippen molar-refractivity contribution in [1.82, 2.24) is 0 Å². The predicted molar refractivity (Wildman–Crippen MR) is 83.4 cm³/mol. The maximum absolute atomic E-state index is 10.5. The lowest BCUT2D eigenvalue weighted by atomic mass is 9.74. The summed E-state index contributed by atoms with van der Waals surface area (Å²) in [7, 11) is 0. The van der Waals surface area contributed by atoms with Crippen LogP contribution in [0.5, 0.6) is 0 Å². The first-order valence-corrected chi connectivity index (χ1v) is 7.46. The minimum Gasteiger partial charge on any atom is -0.458 e. The number of furan rings is 1. The standard InChI is InChI=1S/C19H18O2/c1-12-6-7-18-15(8-12)11-19(21-18)17(20)10-14-9-13-4-2-3-5-16(13)14/h2-8,11,14,17,20H,9-10H2,1H3. The molecular formula is C19H18O2. The van der Waals surface area contributed by atoms with Gasteiger partial charge in [-0.1, -0.05) is 35.9 Å². The molecule has 21 heavy (non-hydrogen) atoms. The Hall–Kier alpha value is -2.06. The molecule has 0 spiro atoms. The fourth-order valence-corrected chi connectivity index (χ4v) is 3.31. The lowest BCUT2D eigenvalue weighted by Gasteiger charge is -2.31. The Labute approximate surface area is 124 Å². The smallest absolute Gasteiger partial charge is 0.134 e. The van der Waals surface area contributed by atoms with Gasteiger partial charge in [0.05, 0.1) is 0 Å². The van der Waals surface area contributed by atoms with Crippen LogP contribution in [0.3, 0.4) is 0 Å². The van der Waals surface area contributed by atoms with E-state index in [2.05, 4.69) is 37.3 Å². The molecule has 2 aromatic carbocycles. The lowest BCUT2D eigenvalue weighted by Crippen LogP contribution is -2.19. The number of benzene rings is 2. The quantitative estimate of drug-likeness (QED) is 0.765. The van der Waals surface area contributed by atoms with Gasteiger partial charge in [-0.15, -0.1) is 0 Å². The van der Waals surface area contributed by atoms with Crippen LogP contribution in [0, 0.1) is 6.92 Å². The van der Waals surface area contributed by atoms with Crippen LogP contribution in [0.4, 0.5) is 0 Å². The van der Waals surface area contributed by atoms with Gasteiger partial charge >= 0.3 is 0 Å². The molecule has 0 amide bonds. The first kappa shape index (κ1) is 12.7. The minimum atomic E-state index is -0.531. The van der Waals surface area contributed by atoms with Crippen molar-refractivity contribution in [1.29, 1.82) is 0 Å². The number of rotatable bonds is 3. The Morgan fingerprint density at radius 3 is 2.90 bits per heavy atom. The van der Waals surface area contributed by atoms with Crippen molar-refractivity contribution in [3.05, 3.63) is 71.0 Å². The second-order valence-electron chi connectivity index (χ2n) is 6.04. The molecular weight excluding hydrogens is 260 g/mol. The van der Waals surface area contributed by atoms with Crippen molar-refractivity contribution in [2.24, 2.45) is 0 Å². The van der Waals surface area contributed by atoms with Gasteiger partial charge in [0.1, 0.15) is 17.4 Å². The summed E-state index contributed by atoms with van der Waals surface area (Å²) >= 11 is 0. The lowest BCUT2D eigenvalue weighted by molar-refractivity contribution is 0.130. The van der Waals surface area contributed by atoms with Crippen LogP contribution in [-0.4, -0.2) is 5.11 Å². The molecule has 0 radical (unpaired) electrons. The molecule has 106 valence electrons. The maximum Gasteiger partial charge on any atom is 0.134 e. The fraction of sp³-hybridized carbons (Fsp3) is 0.263. The van der Waals surface area contributed by atoms with Crippen molar-refractivity contribution in [3.63, 3.8) is 0 Å². The highest BCUT2D eigenvalue weighted by Gasteiger charge is 2.29. The Kier molecular flexibility index (Phi) is 2.86. The van der Waals surface area contributed by atoms with E-state index in [4.69, 9.17) is 4.42 Å². The largest absolute Gasteiger partial charge is 0.458 e. The third-order valence-electron chi connectivity index (χ3n) is 4.49. The van der Waals surface area contributed by atoms with E-state index in [0.29, 0.717) is 11.7 Å². The van der Waals surface area contributed by atoms with Crippen LogP contribution in [0.1, 0.15) is 40.9 Å². The molecule has 0 saturated carbocycles. The van der Waals surface area contributed by atoms with Crippen LogP contribution < -0.4 is 0 Å². The summed E-state index contributed by atoms with van der Waals surface area (Å²) in [5.74, 6) is 1.13. The molecule has 1 heterocycles. The van der Waals surface area contributed by atoms with Gasteiger partial charge in [0.2, 0.25) is 0 Å². The van der Waals surface area contributed by atoms with Crippen molar-refractivity contribution >= 4 is 11.0 Å². The van der Waals surface area contributed by atoms with Gasteiger partial charge in [-0.25, -0.2) is 0 Å². The van der Waals surface area contributed by atoms with E-state index in [9.17, 15) is 5.11 Å². The highest BCUT2D eigenvalue weighted by atomic mass is 16.4. The minimum absolute atomic E-state index is 0.450. The Balaban J connectivity index is 1.56. The molecule has 1 aliphatic carbocycles. The van der Waals surface area contributed by atoms with E-state index >= 15 is 0 Å². The average molecular weight is 278 g/mol. The second kappa shape index (κ2) is 4.74. The zero-order valence-corrected chi connectivity index (χ0v) is 12.0. The van der Waals surface area contributed by atoms with Gasteiger partial charge in [-0.05, 0) is 55.0 Å². The molecule has 1 aliphatic rings. The molecule has 0 saturated heterocycles. The summed E-state index contributed by atoms with van der Waals surface area (Å²) in [6.45, 7) is 2.06. The van der Waals surface area contributed by atoms with Crippen molar-refractivity contribution < 1.29 is 9.52 Å². The number of aryl methyl sites for hydroxylation is 1. The predicted octanol–water partition coefficient (Wildman–Crippen LogP) is 4.50. The molecule has 2 heteroatoms. The van der Waals surface area contributed by atoms with E-state index in [-0.39, 0.29) is 0 Å². The van der Waals surface area contributed by atoms with Gasteiger partial charge in [0.25, 0.3) is 0 Å². The first-order valence-electron chi connectivity index (χ1n) is 7.46. The molecule has 1 aromatic heterocycles. The Morgan fingerprint density at radius 2 is 2.05 bits per heavy atom. The maximum atomic E-state index is 10.5. The monoisotopic (exact) mass is 278 g/mol. The van der Waals surface area contributed by atoms with Crippen LogP contribution in [0.15, 0.2) is 52.9 Å². The van der Waals surface area contributed by atoms with Gasteiger partial charge in [0, 0.05) is 5.39 Å². The summed E-state index contributed by atoms with van der Waals surface area (Å²) in [4.78, 5) is 0. The Morgan fingerprint density at radius 1 is 1.19 bits per heavy atom. The molecule has 4 rings (SSSR count). The van der Waals surface area contributed by atoms with E-state index in [1.807, 2.05) is 18.2 Å². The second-order valence-corrected chi connectivity index (χ2v) is 6.04. The van der Waals surface area contributed by atoms with E-state index in [0.717, 1.165) is 23.8 Å². The zero-order chi connectivity index (χ0) is 14.4. The first-order chi connectivity index (χ1) is 10.2. The van der Waals surface area contributed by atoms with Crippen molar-refractivity contribution in [2.45, 2.75) is 31.8 Å². The van der Waals surface area contributed by atoms with Gasteiger partial charge in [-0.3, -0.25) is 0 Å². The molecule has 2 unspecified atom stereocenters. The van der Waals surface area contributed by atoms with E-state index < -0.39 is 6.10 Å². The highest BCUT2D eigenvalue weighted by molar-refractivity contribution is 5.78. The number of hydrogen-bond acceptors (Lipinski definition) is 2. The van der Waals surface area contributed by atoms with Gasteiger partial charge in [-0.2, -0.15) is 0 Å². The molecule has 0 aliphatic heterocycles. The van der Waals surface area contributed by atoms with Crippen LogP contribution in [0.2, 0.25) is 0 Å². The number of aliphatic hydroxyl groups is 1. The summed E-state index contributed by atoms with van der Waals surface area (Å²) in [5, 5.41) is 11.5. The van der Waals surface area contributed by atoms with Crippen LogP contribution in [0.25, 0.3) is 11.0 Å². The fourth-order valence-electron chi connectivity index (χ4n) is 3.31. The number of hydrogen-bond donors (Lipinski definition) is 1. The average Bonchev–Trinajstić information content (AvgIpc) is 2.87.